The Hall–Kier alpha value is -1.41. The Morgan fingerprint density at radius 3 is 2.86 bits per heavy atom. The summed E-state index contributed by atoms with van der Waals surface area (Å²) in [5, 5.41) is 1.18. The number of benzene rings is 1. The van der Waals surface area contributed by atoms with Crippen LogP contribution in [0.15, 0.2) is 30.3 Å². The van der Waals surface area contributed by atoms with Gasteiger partial charge >= 0.3 is 0 Å². The van der Waals surface area contributed by atoms with E-state index in [9.17, 15) is 0 Å². The van der Waals surface area contributed by atoms with Gasteiger partial charge in [0.2, 0.25) is 0 Å². The minimum absolute atomic E-state index is 0.643. The molecular formula is C12H13NO. The minimum atomic E-state index is 0.643. The summed E-state index contributed by atoms with van der Waals surface area (Å²) in [6.07, 6.45) is 0. The number of hydrogen-bond acceptors (Lipinski definition) is 2. The zero-order valence-electron chi connectivity index (χ0n) is 8.45. The smallest absolute Gasteiger partial charge is 0.0720 e. The number of rotatable bonds is 2. The number of hydrogen-bond donors (Lipinski definition) is 0. The molecule has 14 heavy (non-hydrogen) atoms. The summed E-state index contributed by atoms with van der Waals surface area (Å²) < 4.78 is 5.16. The summed E-state index contributed by atoms with van der Waals surface area (Å²) in [4.78, 5) is 4.46. The largest absolute Gasteiger partial charge is 0.380 e. The minimum Gasteiger partial charge on any atom is -0.380 e. The van der Waals surface area contributed by atoms with Gasteiger partial charge in [-0.1, -0.05) is 18.2 Å². The van der Waals surface area contributed by atoms with Crippen LogP contribution in [0.3, 0.4) is 0 Å². The van der Waals surface area contributed by atoms with Gasteiger partial charge in [0.05, 0.1) is 12.1 Å². The third kappa shape index (κ3) is 1.61. The molecule has 0 amide bonds. The van der Waals surface area contributed by atoms with E-state index in [0.29, 0.717) is 6.61 Å². The highest BCUT2D eigenvalue weighted by molar-refractivity contribution is 5.82. The van der Waals surface area contributed by atoms with Gasteiger partial charge in [0.25, 0.3) is 0 Å². The van der Waals surface area contributed by atoms with Gasteiger partial charge in [-0.05, 0) is 24.6 Å². The first kappa shape index (κ1) is 9.16. The van der Waals surface area contributed by atoms with Crippen LogP contribution in [0.4, 0.5) is 0 Å². The van der Waals surface area contributed by atoms with E-state index < -0.39 is 0 Å². The number of methoxy groups -OCH3 is 1. The zero-order chi connectivity index (χ0) is 9.97. The number of pyridine rings is 1. The highest BCUT2D eigenvalue weighted by atomic mass is 16.5. The number of fused-ring (bicyclic) bond motifs is 1. The van der Waals surface area contributed by atoms with Crippen LogP contribution in [0, 0.1) is 6.92 Å². The molecule has 2 rings (SSSR count). The standard InChI is InChI=1S/C12H13NO/c1-9-7-10(8-14-2)11-5-3-4-6-12(11)13-9/h3-7H,8H2,1-2H3. The molecule has 0 saturated carbocycles. The average molecular weight is 187 g/mol. The zero-order valence-corrected chi connectivity index (χ0v) is 8.45. The van der Waals surface area contributed by atoms with Gasteiger partial charge in [-0.2, -0.15) is 0 Å². The molecule has 2 nitrogen and oxygen atoms in total. The molecule has 0 bridgehead atoms. The Balaban J connectivity index is 2.67. The Morgan fingerprint density at radius 1 is 1.29 bits per heavy atom. The number of aromatic nitrogens is 1. The molecule has 0 aliphatic heterocycles. The van der Waals surface area contributed by atoms with Crippen molar-refractivity contribution in [2.24, 2.45) is 0 Å². The normalized spacial score (nSPS) is 10.7. The van der Waals surface area contributed by atoms with E-state index in [-0.39, 0.29) is 0 Å². The van der Waals surface area contributed by atoms with Crippen molar-refractivity contribution >= 4 is 10.9 Å². The maximum atomic E-state index is 5.16. The lowest BCUT2D eigenvalue weighted by molar-refractivity contribution is 0.186. The lowest BCUT2D eigenvalue weighted by Crippen LogP contribution is -1.93. The van der Waals surface area contributed by atoms with Crippen molar-refractivity contribution in [1.29, 1.82) is 0 Å². The van der Waals surface area contributed by atoms with Crippen LogP contribution in [-0.4, -0.2) is 12.1 Å². The van der Waals surface area contributed by atoms with E-state index in [0.717, 1.165) is 11.2 Å². The Bertz CT molecular complexity index is 451. The molecule has 0 fully saturated rings. The fourth-order valence-corrected chi connectivity index (χ4v) is 1.67. The van der Waals surface area contributed by atoms with Gasteiger partial charge in [-0.3, -0.25) is 4.98 Å². The first-order chi connectivity index (χ1) is 6.81. The molecule has 0 unspecified atom stereocenters. The molecule has 0 aliphatic carbocycles. The maximum Gasteiger partial charge on any atom is 0.0720 e. The van der Waals surface area contributed by atoms with Crippen molar-refractivity contribution < 1.29 is 4.74 Å². The predicted molar refractivity (Wildman–Crippen MR) is 57.2 cm³/mol. The van der Waals surface area contributed by atoms with Gasteiger partial charge in [-0.25, -0.2) is 0 Å². The molecule has 1 heterocycles. The van der Waals surface area contributed by atoms with Crippen molar-refractivity contribution in [3.05, 3.63) is 41.6 Å². The molecule has 2 aromatic rings. The van der Waals surface area contributed by atoms with Crippen LogP contribution in [0.1, 0.15) is 11.3 Å². The second-order valence-electron chi connectivity index (χ2n) is 3.37. The molecule has 0 spiro atoms. The molecule has 0 aliphatic rings. The summed E-state index contributed by atoms with van der Waals surface area (Å²) in [6, 6.07) is 10.2. The van der Waals surface area contributed by atoms with Crippen LogP contribution in [0.2, 0.25) is 0 Å². The average Bonchev–Trinajstić information content (AvgIpc) is 2.18. The lowest BCUT2D eigenvalue weighted by atomic mass is 10.1. The van der Waals surface area contributed by atoms with Crippen molar-refractivity contribution in [3.63, 3.8) is 0 Å². The van der Waals surface area contributed by atoms with E-state index in [1.54, 1.807) is 7.11 Å². The SMILES string of the molecule is COCc1cc(C)nc2ccccc12. The predicted octanol–water partition coefficient (Wildman–Crippen LogP) is 2.69. The fraction of sp³-hybridized carbons (Fsp3) is 0.250. The second-order valence-corrected chi connectivity index (χ2v) is 3.37. The van der Waals surface area contributed by atoms with E-state index in [1.165, 1.54) is 10.9 Å². The third-order valence-electron chi connectivity index (χ3n) is 2.23. The number of para-hydroxylation sites is 1. The van der Waals surface area contributed by atoms with E-state index in [4.69, 9.17) is 4.74 Å². The molecule has 0 N–H and O–H groups in total. The quantitative estimate of drug-likeness (QED) is 0.721. The molecule has 72 valence electrons. The number of aryl methyl sites for hydroxylation is 1. The highest BCUT2D eigenvalue weighted by Gasteiger charge is 2.02. The molecule has 1 aromatic heterocycles. The summed E-state index contributed by atoms with van der Waals surface area (Å²) in [5.74, 6) is 0. The fourth-order valence-electron chi connectivity index (χ4n) is 1.67. The van der Waals surface area contributed by atoms with Gasteiger partial charge in [-0.15, -0.1) is 0 Å². The van der Waals surface area contributed by atoms with Crippen LogP contribution >= 0.6 is 0 Å². The Morgan fingerprint density at radius 2 is 2.07 bits per heavy atom. The first-order valence-electron chi connectivity index (χ1n) is 4.65. The summed E-state index contributed by atoms with van der Waals surface area (Å²) >= 11 is 0. The lowest BCUT2D eigenvalue weighted by Gasteiger charge is -2.06. The van der Waals surface area contributed by atoms with Crippen LogP contribution < -0.4 is 0 Å². The monoisotopic (exact) mass is 187 g/mol. The Kier molecular flexibility index (Phi) is 2.46. The van der Waals surface area contributed by atoms with Crippen molar-refractivity contribution in [3.8, 4) is 0 Å². The third-order valence-corrected chi connectivity index (χ3v) is 2.23. The van der Waals surface area contributed by atoms with E-state index >= 15 is 0 Å². The molecule has 2 heteroatoms. The van der Waals surface area contributed by atoms with Gasteiger partial charge in [0.1, 0.15) is 0 Å². The molecular weight excluding hydrogens is 174 g/mol. The Labute approximate surface area is 83.5 Å². The van der Waals surface area contributed by atoms with Crippen molar-refractivity contribution in [2.75, 3.05) is 7.11 Å². The summed E-state index contributed by atoms with van der Waals surface area (Å²) in [7, 11) is 1.71. The summed E-state index contributed by atoms with van der Waals surface area (Å²) in [5.41, 5.74) is 3.28. The van der Waals surface area contributed by atoms with Gasteiger partial charge < -0.3 is 4.74 Å². The van der Waals surface area contributed by atoms with E-state index in [1.807, 2.05) is 25.1 Å². The topological polar surface area (TPSA) is 22.1 Å². The maximum absolute atomic E-state index is 5.16. The number of ether oxygens (including phenoxy) is 1. The summed E-state index contributed by atoms with van der Waals surface area (Å²) in [6.45, 7) is 2.65. The van der Waals surface area contributed by atoms with Crippen LogP contribution in [-0.2, 0) is 11.3 Å². The molecule has 0 radical (unpaired) electrons. The first-order valence-corrected chi connectivity index (χ1v) is 4.65. The van der Waals surface area contributed by atoms with E-state index in [2.05, 4.69) is 17.1 Å². The highest BCUT2D eigenvalue weighted by Crippen LogP contribution is 2.18. The van der Waals surface area contributed by atoms with Gasteiger partial charge in [0.15, 0.2) is 0 Å². The molecule has 0 saturated heterocycles. The second kappa shape index (κ2) is 3.76. The number of nitrogens with zero attached hydrogens (tertiary/aromatic N) is 1. The van der Waals surface area contributed by atoms with Crippen molar-refractivity contribution in [2.45, 2.75) is 13.5 Å². The molecule has 1 aromatic carbocycles. The molecule has 0 atom stereocenters. The van der Waals surface area contributed by atoms with Gasteiger partial charge in [0, 0.05) is 18.2 Å². The van der Waals surface area contributed by atoms with Crippen LogP contribution in [0.5, 0.6) is 0 Å². The van der Waals surface area contributed by atoms with Crippen molar-refractivity contribution in [1.82, 2.24) is 4.98 Å². The van der Waals surface area contributed by atoms with Crippen LogP contribution in [0.25, 0.3) is 10.9 Å².